The van der Waals surface area contributed by atoms with Crippen LogP contribution in [-0.4, -0.2) is 62.7 Å². The van der Waals surface area contributed by atoms with Gasteiger partial charge in [0.15, 0.2) is 17.5 Å². The number of benzene rings is 1. The molecule has 9 nitrogen and oxygen atoms in total. The van der Waals surface area contributed by atoms with Crippen molar-refractivity contribution < 1.29 is 13.6 Å². The summed E-state index contributed by atoms with van der Waals surface area (Å²) in [5.41, 5.74) is 6.19. The summed E-state index contributed by atoms with van der Waals surface area (Å²) < 4.78 is 28.8. The lowest BCUT2D eigenvalue weighted by molar-refractivity contribution is 0.0934. The second-order valence-electron chi connectivity index (χ2n) is 6.78. The number of carbonyl (C=O) groups is 1. The van der Waals surface area contributed by atoms with Crippen molar-refractivity contribution in [3.8, 4) is 17.1 Å². The first-order valence-corrected chi connectivity index (χ1v) is 8.72. The number of carbonyl (C=O) groups excluding carboxylic acids is 1. The number of rotatable bonds is 6. The second-order valence-corrected chi connectivity index (χ2v) is 6.78. The molecule has 2 heterocycles. The van der Waals surface area contributed by atoms with Crippen LogP contribution in [0.15, 0.2) is 30.5 Å². The summed E-state index contributed by atoms with van der Waals surface area (Å²) >= 11 is 0. The van der Waals surface area contributed by atoms with E-state index < -0.39 is 11.6 Å². The van der Waals surface area contributed by atoms with Crippen LogP contribution >= 0.6 is 0 Å². The molecule has 1 amide bonds. The monoisotopic (exact) mass is 402 g/mol. The zero-order valence-corrected chi connectivity index (χ0v) is 16.1. The van der Waals surface area contributed by atoms with Gasteiger partial charge >= 0.3 is 0 Å². The van der Waals surface area contributed by atoms with Crippen LogP contribution in [0.5, 0.6) is 0 Å². The Kier molecular flexibility index (Phi) is 5.78. The van der Waals surface area contributed by atoms with E-state index in [4.69, 9.17) is 5.73 Å². The molecule has 0 aliphatic heterocycles. The van der Waals surface area contributed by atoms with Crippen molar-refractivity contribution in [3.63, 3.8) is 0 Å². The minimum atomic E-state index is -1.11. The fourth-order valence-electron chi connectivity index (χ4n) is 2.85. The van der Waals surface area contributed by atoms with E-state index in [9.17, 15) is 13.6 Å². The van der Waals surface area contributed by atoms with Gasteiger partial charge in [0, 0.05) is 18.8 Å². The third-order valence-electron chi connectivity index (χ3n) is 4.07. The number of nitrogens with one attached hydrogen (secondary N) is 1. The highest BCUT2D eigenvalue weighted by atomic mass is 19.2. The number of anilines is 1. The lowest BCUT2D eigenvalue weighted by atomic mass is 10.1. The molecule has 0 bridgehead atoms. The van der Waals surface area contributed by atoms with Gasteiger partial charge in [0.25, 0.3) is 5.91 Å². The fourth-order valence-corrected chi connectivity index (χ4v) is 2.85. The Hall–Kier alpha value is -3.47. The summed E-state index contributed by atoms with van der Waals surface area (Å²) in [4.78, 5) is 18.5. The topological polar surface area (TPSA) is 115 Å². The van der Waals surface area contributed by atoms with Gasteiger partial charge in [-0.15, -0.1) is 5.10 Å². The first-order valence-electron chi connectivity index (χ1n) is 8.72. The molecule has 0 fully saturated rings. The van der Waals surface area contributed by atoms with Gasteiger partial charge in [0.05, 0.1) is 11.1 Å². The fraction of sp³-hybridized carbons (Fsp3) is 0.278. The Morgan fingerprint density at radius 3 is 2.83 bits per heavy atom. The van der Waals surface area contributed by atoms with E-state index in [2.05, 4.69) is 25.8 Å². The predicted octanol–water partition coefficient (Wildman–Crippen LogP) is 1.26. The number of halogens is 2. The van der Waals surface area contributed by atoms with Crippen LogP contribution in [-0.2, 0) is 0 Å². The van der Waals surface area contributed by atoms with Crippen LogP contribution < -0.4 is 11.1 Å². The highest BCUT2D eigenvalue weighted by molar-refractivity contribution is 5.95. The molecule has 11 heteroatoms. The van der Waals surface area contributed by atoms with Crippen molar-refractivity contribution in [1.82, 2.24) is 35.4 Å². The van der Waals surface area contributed by atoms with Crippen molar-refractivity contribution in [2.24, 2.45) is 0 Å². The van der Waals surface area contributed by atoms with Crippen molar-refractivity contribution in [1.29, 1.82) is 0 Å². The molecule has 0 saturated heterocycles. The smallest absolute Gasteiger partial charge is 0.253 e. The maximum Gasteiger partial charge on any atom is 0.253 e. The predicted molar refractivity (Wildman–Crippen MR) is 102 cm³/mol. The number of nitrogens with zero attached hydrogens (tertiary/aromatic N) is 6. The molecule has 0 radical (unpaired) electrons. The molecule has 152 valence electrons. The molecule has 3 rings (SSSR count). The zero-order chi connectivity index (χ0) is 21.1. The summed E-state index contributed by atoms with van der Waals surface area (Å²) in [5.74, 6) is -2.45. The number of hydrogen-bond acceptors (Lipinski definition) is 7. The number of amides is 1. The number of likely N-dealkylation sites (N-methyl/N-ethyl adjacent to an activating group) is 1. The van der Waals surface area contributed by atoms with E-state index in [0.717, 1.165) is 10.7 Å². The average molecular weight is 402 g/mol. The van der Waals surface area contributed by atoms with E-state index >= 15 is 0 Å². The average Bonchev–Trinajstić information content (AvgIpc) is 3.12. The van der Waals surface area contributed by atoms with Crippen LogP contribution in [0.1, 0.15) is 17.3 Å². The minimum Gasteiger partial charge on any atom is -0.383 e. The second kappa shape index (κ2) is 8.27. The van der Waals surface area contributed by atoms with E-state index in [1.807, 2.05) is 25.9 Å². The molecule has 1 aromatic carbocycles. The summed E-state index contributed by atoms with van der Waals surface area (Å²) in [5, 5.41) is 14.0. The SMILES string of the molecule is CC(CN(C)C)NC(=O)c1cnc(N)c(-c2nnnn2-c2cccc(F)c2F)c1. The van der Waals surface area contributed by atoms with Gasteiger partial charge in [-0.1, -0.05) is 6.07 Å². The summed E-state index contributed by atoms with van der Waals surface area (Å²) in [6.45, 7) is 2.52. The lowest BCUT2D eigenvalue weighted by Gasteiger charge is -2.18. The van der Waals surface area contributed by atoms with Gasteiger partial charge in [-0.05, 0) is 49.6 Å². The Morgan fingerprint density at radius 1 is 1.34 bits per heavy atom. The van der Waals surface area contributed by atoms with Crippen LogP contribution in [0.4, 0.5) is 14.6 Å². The Bertz CT molecular complexity index is 1040. The van der Waals surface area contributed by atoms with Crippen LogP contribution in [0.25, 0.3) is 17.1 Å². The Labute approximate surface area is 165 Å². The van der Waals surface area contributed by atoms with Gasteiger partial charge in [-0.2, -0.15) is 4.68 Å². The minimum absolute atomic E-state index is 0.0236. The summed E-state index contributed by atoms with van der Waals surface area (Å²) in [6, 6.07) is 4.99. The van der Waals surface area contributed by atoms with Crippen LogP contribution in [0.2, 0.25) is 0 Å². The lowest BCUT2D eigenvalue weighted by Crippen LogP contribution is -2.39. The molecule has 1 unspecified atom stereocenters. The van der Waals surface area contributed by atoms with E-state index in [1.165, 1.54) is 24.4 Å². The quantitative estimate of drug-likeness (QED) is 0.638. The first-order chi connectivity index (χ1) is 13.8. The Balaban J connectivity index is 1.97. The van der Waals surface area contributed by atoms with E-state index in [-0.39, 0.29) is 40.4 Å². The Morgan fingerprint density at radius 2 is 2.10 bits per heavy atom. The molecule has 29 heavy (non-hydrogen) atoms. The number of nitrogen functional groups attached to an aromatic ring is 1. The largest absolute Gasteiger partial charge is 0.383 e. The molecule has 0 spiro atoms. The van der Waals surface area contributed by atoms with Crippen molar-refractivity contribution in [2.75, 3.05) is 26.4 Å². The summed E-state index contributed by atoms with van der Waals surface area (Å²) in [7, 11) is 3.80. The third-order valence-corrected chi connectivity index (χ3v) is 4.07. The standard InChI is InChI=1S/C18H20F2N8O/c1-10(9-27(2)3)23-18(29)11-7-12(16(21)22-8-11)17-24-25-26-28(17)14-6-4-5-13(19)15(14)20/h4-8,10H,9H2,1-3H3,(H2,21,22)(H,23,29). The van der Waals surface area contributed by atoms with E-state index in [0.29, 0.717) is 6.54 Å². The highest BCUT2D eigenvalue weighted by Gasteiger charge is 2.20. The van der Waals surface area contributed by atoms with Gasteiger partial charge < -0.3 is 16.0 Å². The van der Waals surface area contributed by atoms with Gasteiger partial charge in [0.2, 0.25) is 0 Å². The first kappa shape index (κ1) is 20.3. The number of pyridine rings is 1. The zero-order valence-electron chi connectivity index (χ0n) is 16.1. The number of nitrogens with two attached hydrogens (primary N) is 1. The third kappa shape index (κ3) is 4.35. The molecule has 0 aliphatic rings. The summed E-state index contributed by atoms with van der Waals surface area (Å²) in [6.07, 6.45) is 1.33. The van der Waals surface area contributed by atoms with E-state index in [1.54, 1.807) is 0 Å². The van der Waals surface area contributed by atoms with Gasteiger partial charge in [0.1, 0.15) is 11.5 Å². The van der Waals surface area contributed by atoms with Crippen LogP contribution in [0.3, 0.4) is 0 Å². The van der Waals surface area contributed by atoms with Crippen molar-refractivity contribution >= 4 is 11.7 Å². The van der Waals surface area contributed by atoms with Gasteiger partial charge in [-0.3, -0.25) is 4.79 Å². The molecular formula is C18H20F2N8O. The number of hydrogen-bond donors (Lipinski definition) is 2. The van der Waals surface area contributed by atoms with Crippen LogP contribution in [0, 0.1) is 11.6 Å². The molecule has 0 saturated carbocycles. The van der Waals surface area contributed by atoms with Gasteiger partial charge in [-0.25, -0.2) is 13.8 Å². The molecule has 3 aromatic rings. The molecule has 3 N–H and O–H groups in total. The molecule has 1 atom stereocenters. The molecule has 0 aliphatic carbocycles. The molecular weight excluding hydrogens is 382 g/mol. The van der Waals surface area contributed by atoms with Crippen molar-refractivity contribution in [2.45, 2.75) is 13.0 Å². The highest BCUT2D eigenvalue weighted by Crippen LogP contribution is 2.26. The maximum absolute atomic E-state index is 14.2. The number of tetrazole rings is 1. The van der Waals surface area contributed by atoms with Crippen molar-refractivity contribution in [3.05, 3.63) is 47.7 Å². The molecule has 2 aromatic heterocycles. The normalized spacial score (nSPS) is 12.2. The maximum atomic E-state index is 14.2. The number of aromatic nitrogens is 5.